The molecule has 3 heterocycles. The summed E-state index contributed by atoms with van der Waals surface area (Å²) >= 11 is 5.06. The van der Waals surface area contributed by atoms with Crippen LogP contribution in [0.4, 0.5) is 0 Å². The average Bonchev–Trinajstić information content (AvgIpc) is 3.49. The minimum Gasteiger partial charge on any atom is -0.483 e. The fourth-order valence-corrected chi connectivity index (χ4v) is 9.49. The number of ether oxygens (including phenoxy) is 3. The van der Waals surface area contributed by atoms with E-state index in [1.807, 2.05) is 34.6 Å². The van der Waals surface area contributed by atoms with E-state index >= 15 is 0 Å². The fraction of sp³-hybridized carbons (Fsp3) is 0.531. The van der Waals surface area contributed by atoms with Crippen molar-refractivity contribution in [1.82, 2.24) is 9.80 Å². The number of thiophene rings is 1. The lowest BCUT2D eigenvalue weighted by atomic mass is 9.48. The van der Waals surface area contributed by atoms with Gasteiger partial charge in [0.05, 0.1) is 17.5 Å². The zero-order valence-corrected chi connectivity index (χ0v) is 27.0. The van der Waals surface area contributed by atoms with Gasteiger partial charge in [0.2, 0.25) is 5.91 Å². The zero-order valence-electron chi connectivity index (χ0n) is 24.6. The highest BCUT2D eigenvalue weighted by molar-refractivity contribution is 9.10. The summed E-state index contributed by atoms with van der Waals surface area (Å²) in [6.07, 6.45) is 5.66. The molecule has 42 heavy (non-hydrogen) atoms. The molecule has 10 heteroatoms. The van der Waals surface area contributed by atoms with Gasteiger partial charge in [-0.1, -0.05) is 19.9 Å². The van der Waals surface area contributed by atoms with Gasteiger partial charge >= 0.3 is 11.9 Å². The number of hydrogen-bond donors (Lipinski definition) is 0. The zero-order chi connectivity index (χ0) is 30.0. The van der Waals surface area contributed by atoms with Crippen molar-refractivity contribution in [2.24, 2.45) is 5.92 Å². The number of piperidine rings is 1. The topological polar surface area (TPSA) is 85.4 Å². The van der Waals surface area contributed by atoms with E-state index in [9.17, 15) is 14.4 Å². The number of benzene rings is 1. The van der Waals surface area contributed by atoms with Gasteiger partial charge in [0, 0.05) is 46.8 Å². The predicted octanol–water partition coefficient (Wildman–Crippen LogP) is 5.36. The van der Waals surface area contributed by atoms with Crippen LogP contribution in [-0.2, 0) is 31.0 Å². The van der Waals surface area contributed by atoms with Crippen molar-refractivity contribution < 1.29 is 28.6 Å². The first-order valence-electron chi connectivity index (χ1n) is 14.6. The van der Waals surface area contributed by atoms with Crippen LogP contribution in [-0.4, -0.2) is 71.6 Å². The van der Waals surface area contributed by atoms with Gasteiger partial charge in [-0.15, -0.1) is 11.3 Å². The third-order valence-corrected chi connectivity index (χ3v) is 11.1. The maximum Gasteiger partial charge on any atom is 0.308 e. The first-order valence-corrected chi connectivity index (χ1v) is 16.3. The second-order valence-corrected chi connectivity index (χ2v) is 14.3. The van der Waals surface area contributed by atoms with Crippen LogP contribution in [0.25, 0.3) is 6.08 Å². The van der Waals surface area contributed by atoms with Crippen molar-refractivity contribution in [3.63, 3.8) is 0 Å². The van der Waals surface area contributed by atoms with E-state index < -0.39 is 23.1 Å². The molecule has 1 aromatic heterocycles. The summed E-state index contributed by atoms with van der Waals surface area (Å²) in [5.74, 6) is 0.334. The van der Waals surface area contributed by atoms with Crippen molar-refractivity contribution in [3.8, 4) is 11.5 Å². The summed E-state index contributed by atoms with van der Waals surface area (Å²) in [6, 6.07) is 5.52. The summed E-state index contributed by atoms with van der Waals surface area (Å²) in [6.45, 7) is 8.43. The highest BCUT2D eigenvalue weighted by Gasteiger charge is 2.75. The molecule has 6 rings (SSSR count). The first kappa shape index (κ1) is 29.4. The number of carbonyl (C=O) groups is 3. The molecule has 2 aliphatic carbocycles. The number of likely N-dealkylation sites (tertiary alicyclic amines) is 1. The molecule has 224 valence electrons. The Morgan fingerprint density at radius 3 is 2.69 bits per heavy atom. The SMILES string of the molecule is CC(=O)Oc1ccc2c3c1O[C@H]1[C@H](N(CC(C)C)C(=O)/C=C/c4cc(Br)cs4)CC[C@@]4(OC(C)=O)[C@@H](C2)N(C)CC[C@]314. The maximum absolute atomic E-state index is 14.0. The highest BCUT2D eigenvalue weighted by Crippen LogP contribution is 2.67. The Labute approximate surface area is 259 Å². The van der Waals surface area contributed by atoms with Crippen LogP contribution in [0.5, 0.6) is 11.5 Å². The average molecular weight is 658 g/mol. The number of halogens is 1. The number of likely N-dealkylation sites (N-methyl/N-ethyl adjacent to an activating group) is 1. The van der Waals surface area contributed by atoms with Crippen molar-refractivity contribution in [2.45, 2.75) is 82.6 Å². The predicted molar refractivity (Wildman–Crippen MR) is 164 cm³/mol. The highest BCUT2D eigenvalue weighted by atomic mass is 79.9. The molecular weight excluding hydrogens is 620 g/mol. The number of rotatable bonds is 7. The Bertz CT molecular complexity index is 1470. The second-order valence-electron chi connectivity index (χ2n) is 12.5. The smallest absolute Gasteiger partial charge is 0.308 e. The molecular formula is C32H37BrN2O6S. The number of amides is 1. The number of carbonyl (C=O) groups excluding carboxylic acids is 3. The molecule has 0 unspecified atom stereocenters. The molecule has 1 aromatic carbocycles. The minimum atomic E-state index is -0.828. The van der Waals surface area contributed by atoms with Crippen LogP contribution < -0.4 is 9.47 Å². The summed E-state index contributed by atoms with van der Waals surface area (Å²) < 4.78 is 20.1. The van der Waals surface area contributed by atoms with Gasteiger partial charge in [-0.05, 0) is 84.9 Å². The number of hydrogen-bond acceptors (Lipinski definition) is 8. The number of esters is 2. The van der Waals surface area contributed by atoms with E-state index in [0.29, 0.717) is 43.7 Å². The molecule has 1 amide bonds. The lowest BCUT2D eigenvalue weighted by molar-refractivity contribution is -0.221. The quantitative estimate of drug-likeness (QED) is 0.225. The lowest BCUT2D eigenvalue weighted by Gasteiger charge is -2.65. The largest absolute Gasteiger partial charge is 0.483 e. The Kier molecular flexibility index (Phi) is 7.55. The lowest BCUT2D eigenvalue weighted by Crippen LogP contribution is -2.79. The van der Waals surface area contributed by atoms with Crippen molar-refractivity contribution in [1.29, 1.82) is 0 Å². The van der Waals surface area contributed by atoms with Crippen LogP contribution in [0.1, 0.15) is 63.0 Å². The van der Waals surface area contributed by atoms with Crippen molar-refractivity contribution in [2.75, 3.05) is 20.1 Å². The number of nitrogens with zero attached hydrogens (tertiary/aromatic N) is 2. The first-order chi connectivity index (χ1) is 20.0. The molecule has 1 spiro atoms. The molecule has 2 aromatic rings. The summed E-state index contributed by atoms with van der Waals surface area (Å²) in [7, 11) is 2.10. The second kappa shape index (κ2) is 10.8. The summed E-state index contributed by atoms with van der Waals surface area (Å²) in [5.41, 5.74) is 0.590. The van der Waals surface area contributed by atoms with E-state index in [2.05, 4.69) is 41.7 Å². The van der Waals surface area contributed by atoms with Gasteiger partial charge < -0.3 is 19.1 Å². The molecule has 1 saturated carbocycles. The van der Waals surface area contributed by atoms with Crippen LogP contribution >= 0.6 is 27.3 Å². The van der Waals surface area contributed by atoms with Crippen LogP contribution in [0, 0.1) is 5.92 Å². The molecule has 1 saturated heterocycles. The molecule has 0 radical (unpaired) electrons. The van der Waals surface area contributed by atoms with Crippen molar-refractivity contribution >= 4 is 51.2 Å². The summed E-state index contributed by atoms with van der Waals surface area (Å²) in [5, 5.41) is 1.99. The minimum absolute atomic E-state index is 0.0355. The van der Waals surface area contributed by atoms with E-state index in [1.54, 1.807) is 17.4 Å². The third kappa shape index (κ3) is 4.52. The van der Waals surface area contributed by atoms with E-state index in [4.69, 9.17) is 14.2 Å². The molecule has 2 fully saturated rings. The fourth-order valence-electron chi connectivity index (χ4n) is 8.15. The molecule has 0 N–H and O–H groups in total. The molecule has 2 bridgehead atoms. The standard InChI is InChI=1S/C32H37BrN2O6S/c1-18(2)16-35(27(38)9-7-23-15-22(33)17-42-23)24-10-11-32(41-20(4)37)26-14-21-6-8-25(39-19(3)36)29-28(21)31(32,30(24)40-29)12-13-34(26)5/h6-9,15,17-18,24,26,30H,10-14,16H2,1-5H3/b9-7+/t24-,26-,30+,31+,32-/m1/s1. The van der Waals surface area contributed by atoms with Crippen molar-refractivity contribution in [3.05, 3.63) is 50.1 Å². The molecule has 4 aliphatic rings. The van der Waals surface area contributed by atoms with E-state index in [0.717, 1.165) is 27.0 Å². The Hall–Kier alpha value is -2.69. The molecule has 8 nitrogen and oxygen atoms in total. The molecule has 5 atom stereocenters. The van der Waals surface area contributed by atoms with Crippen LogP contribution in [0.15, 0.2) is 34.1 Å². The van der Waals surface area contributed by atoms with Gasteiger partial charge in [-0.2, -0.15) is 0 Å². The monoisotopic (exact) mass is 656 g/mol. The normalized spacial score (nSPS) is 29.3. The van der Waals surface area contributed by atoms with E-state index in [1.165, 1.54) is 13.8 Å². The van der Waals surface area contributed by atoms with Gasteiger partial charge in [-0.25, -0.2) is 0 Å². The third-order valence-electron chi connectivity index (χ3n) is 9.45. The maximum atomic E-state index is 14.0. The van der Waals surface area contributed by atoms with Gasteiger partial charge in [0.1, 0.15) is 11.7 Å². The Morgan fingerprint density at radius 1 is 1.24 bits per heavy atom. The van der Waals surface area contributed by atoms with Crippen LogP contribution in [0.2, 0.25) is 0 Å². The summed E-state index contributed by atoms with van der Waals surface area (Å²) in [4.78, 5) is 44.2. The van der Waals surface area contributed by atoms with E-state index in [-0.39, 0.29) is 29.9 Å². The van der Waals surface area contributed by atoms with Gasteiger partial charge in [-0.3, -0.25) is 19.3 Å². The Morgan fingerprint density at radius 2 is 2.02 bits per heavy atom. The van der Waals surface area contributed by atoms with Gasteiger partial charge in [0.25, 0.3) is 0 Å². The molecule has 2 aliphatic heterocycles. The Balaban J connectivity index is 1.49. The van der Waals surface area contributed by atoms with Gasteiger partial charge in [0.15, 0.2) is 11.5 Å². The van der Waals surface area contributed by atoms with Crippen LogP contribution in [0.3, 0.4) is 0 Å².